The number of fused-ring (bicyclic) bond motifs is 2. The van der Waals surface area contributed by atoms with E-state index in [0.29, 0.717) is 11.8 Å². The second-order valence-corrected chi connectivity index (χ2v) is 8.25. The van der Waals surface area contributed by atoms with E-state index in [1.807, 2.05) is 0 Å². The fraction of sp³-hybridized carbons (Fsp3) is 0.900. The zero-order chi connectivity index (χ0) is 18.0. The lowest BCUT2D eigenvalue weighted by molar-refractivity contribution is -0.177. The first-order valence-corrected chi connectivity index (χ1v) is 10.1. The van der Waals surface area contributed by atoms with Crippen LogP contribution < -0.4 is 0 Å². The molecule has 0 amide bonds. The molecule has 0 spiro atoms. The van der Waals surface area contributed by atoms with Crippen LogP contribution in [-0.2, 0) is 19.1 Å². The molecule has 1 N–H and O–H groups in total. The van der Waals surface area contributed by atoms with E-state index < -0.39 is 17.4 Å². The van der Waals surface area contributed by atoms with Crippen LogP contribution in [0.3, 0.4) is 0 Å². The van der Waals surface area contributed by atoms with E-state index in [1.54, 1.807) is 13.8 Å². The summed E-state index contributed by atoms with van der Waals surface area (Å²) in [5, 5.41) is 9.64. The quantitative estimate of drug-likeness (QED) is 0.531. The normalized spacial score (nSPS) is 32.7. The topological polar surface area (TPSA) is 72.8 Å². The minimum absolute atomic E-state index is 0.152. The second kappa shape index (κ2) is 7.65. The van der Waals surface area contributed by atoms with Crippen molar-refractivity contribution in [2.24, 2.45) is 23.2 Å². The van der Waals surface area contributed by atoms with Gasteiger partial charge in [-0.15, -0.1) is 0 Å². The summed E-state index contributed by atoms with van der Waals surface area (Å²) in [6, 6.07) is 0. The largest absolute Gasteiger partial charge is 0.480 e. The van der Waals surface area contributed by atoms with Crippen LogP contribution in [0.2, 0.25) is 0 Å². The smallest absolute Gasteiger partial charge is 0.323 e. The molecule has 142 valence electrons. The Morgan fingerprint density at radius 1 is 1.20 bits per heavy atom. The first kappa shape index (κ1) is 18.7. The van der Waals surface area contributed by atoms with E-state index >= 15 is 0 Å². The molecule has 0 aromatic heterocycles. The average molecular weight is 352 g/mol. The van der Waals surface area contributed by atoms with Gasteiger partial charge in [0.25, 0.3) is 0 Å². The van der Waals surface area contributed by atoms with Crippen LogP contribution in [0.25, 0.3) is 0 Å². The number of esters is 1. The van der Waals surface area contributed by atoms with Crippen LogP contribution in [0.15, 0.2) is 0 Å². The van der Waals surface area contributed by atoms with Crippen LogP contribution in [-0.4, -0.2) is 35.9 Å². The second-order valence-electron chi connectivity index (χ2n) is 8.25. The highest BCUT2D eigenvalue weighted by Gasteiger charge is 2.49. The molecule has 3 rings (SSSR count). The van der Waals surface area contributed by atoms with Gasteiger partial charge in [-0.1, -0.05) is 20.3 Å². The van der Waals surface area contributed by atoms with Crippen molar-refractivity contribution >= 4 is 11.9 Å². The fourth-order valence-electron chi connectivity index (χ4n) is 5.33. The highest BCUT2D eigenvalue weighted by molar-refractivity contribution is 5.99. The van der Waals surface area contributed by atoms with Gasteiger partial charge in [0.05, 0.1) is 6.10 Å². The van der Waals surface area contributed by atoms with E-state index in [9.17, 15) is 14.7 Å². The van der Waals surface area contributed by atoms with Crippen molar-refractivity contribution < 1.29 is 24.2 Å². The Kier molecular flexibility index (Phi) is 5.71. The monoisotopic (exact) mass is 352 g/mol. The van der Waals surface area contributed by atoms with Gasteiger partial charge in [-0.05, 0) is 62.7 Å². The van der Waals surface area contributed by atoms with Gasteiger partial charge in [0.15, 0.2) is 5.41 Å². The first-order valence-electron chi connectivity index (χ1n) is 10.1. The standard InChI is InChI=1S/C20H32O5/c1-3-20(4-2,18(21)22)19(23)25-17(12-15-6-5-9-24-15)16-11-13-7-8-14(16)10-13/h13-17H,3-12H2,1-2H3,(H,21,22). The predicted octanol–water partition coefficient (Wildman–Crippen LogP) is 3.79. The lowest BCUT2D eigenvalue weighted by Gasteiger charge is -2.34. The minimum atomic E-state index is -1.41. The maximum absolute atomic E-state index is 12.9. The Morgan fingerprint density at radius 3 is 2.44 bits per heavy atom. The summed E-state index contributed by atoms with van der Waals surface area (Å²) in [4.78, 5) is 24.6. The fourth-order valence-corrected chi connectivity index (χ4v) is 5.33. The van der Waals surface area contributed by atoms with Crippen molar-refractivity contribution in [3.05, 3.63) is 0 Å². The van der Waals surface area contributed by atoms with Crippen molar-refractivity contribution in [2.75, 3.05) is 6.61 Å². The third kappa shape index (κ3) is 3.57. The highest BCUT2D eigenvalue weighted by atomic mass is 16.6. The van der Waals surface area contributed by atoms with Crippen molar-refractivity contribution in [3.8, 4) is 0 Å². The molecule has 1 saturated heterocycles. The first-order chi connectivity index (χ1) is 12.0. The number of carboxylic acid groups (broad SMARTS) is 1. The zero-order valence-corrected chi connectivity index (χ0v) is 15.5. The molecule has 2 aliphatic carbocycles. The van der Waals surface area contributed by atoms with Gasteiger partial charge in [-0.2, -0.15) is 0 Å². The molecular formula is C20H32O5. The Bertz CT molecular complexity index is 492. The summed E-state index contributed by atoms with van der Waals surface area (Å²) in [7, 11) is 0. The molecule has 5 unspecified atom stereocenters. The van der Waals surface area contributed by atoms with Crippen LogP contribution in [0.4, 0.5) is 0 Å². The van der Waals surface area contributed by atoms with Crippen LogP contribution >= 0.6 is 0 Å². The molecule has 1 heterocycles. The molecule has 3 fully saturated rings. The minimum Gasteiger partial charge on any atom is -0.480 e. The van der Waals surface area contributed by atoms with E-state index in [2.05, 4.69) is 0 Å². The molecule has 1 aliphatic heterocycles. The molecule has 5 heteroatoms. The summed E-state index contributed by atoms with van der Waals surface area (Å²) >= 11 is 0. The highest BCUT2D eigenvalue weighted by Crippen LogP contribution is 2.51. The molecular weight excluding hydrogens is 320 g/mol. The Balaban J connectivity index is 1.74. The van der Waals surface area contributed by atoms with Gasteiger partial charge < -0.3 is 14.6 Å². The number of carbonyl (C=O) groups excluding carboxylic acids is 1. The van der Waals surface area contributed by atoms with E-state index in [4.69, 9.17) is 9.47 Å². The van der Waals surface area contributed by atoms with E-state index in [-0.39, 0.29) is 25.0 Å². The number of hydrogen-bond acceptors (Lipinski definition) is 4. The maximum Gasteiger partial charge on any atom is 0.323 e. The molecule has 5 atom stereocenters. The summed E-state index contributed by atoms with van der Waals surface area (Å²) in [6.45, 7) is 4.29. The van der Waals surface area contributed by atoms with Gasteiger partial charge in [-0.25, -0.2) is 0 Å². The molecule has 5 nitrogen and oxygen atoms in total. The Labute approximate surface area is 150 Å². The Morgan fingerprint density at radius 2 is 1.96 bits per heavy atom. The van der Waals surface area contributed by atoms with Crippen molar-refractivity contribution in [1.29, 1.82) is 0 Å². The zero-order valence-electron chi connectivity index (χ0n) is 15.5. The van der Waals surface area contributed by atoms with Gasteiger partial charge in [-0.3, -0.25) is 9.59 Å². The van der Waals surface area contributed by atoms with Gasteiger partial charge in [0.1, 0.15) is 6.10 Å². The molecule has 2 bridgehead atoms. The number of rotatable bonds is 8. The average Bonchev–Trinajstić information content (AvgIpc) is 3.33. The number of hydrogen-bond donors (Lipinski definition) is 1. The summed E-state index contributed by atoms with van der Waals surface area (Å²) in [6.07, 6.45) is 8.17. The number of carboxylic acids is 1. The van der Waals surface area contributed by atoms with Crippen molar-refractivity contribution in [1.82, 2.24) is 0 Å². The molecule has 3 aliphatic rings. The molecule has 25 heavy (non-hydrogen) atoms. The number of carbonyl (C=O) groups is 2. The third-order valence-electron chi connectivity index (χ3n) is 7.06. The van der Waals surface area contributed by atoms with Gasteiger partial charge in [0, 0.05) is 13.0 Å². The van der Waals surface area contributed by atoms with Gasteiger partial charge >= 0.3 is 11.9 Å². The SMILES string of the molecule is CCC(CC)(C(=O)O)C(=O)OC(CC1CCCO1)C1CC2CCC1C2. The molecule has 2 saturated carbocycles. The maximum atomic E-state index is 12.9. The lowest BCUT2D eigenvalue weighted by atomic mass is 9.80. The van der Waals surface area contributed by atoms with Crippen LogP contribution in [0, 0.1) is 23.2 Å². The van der Waals surface area contributed by atoms with E-state index in [0.717, 1.165) is 38.2 Å². The summed E-state index contributed by atoms with van der Waals surface area (Å²) < 4.78 is 11.7. The number of ether oxygens (including phenoxy) is 2. The number of aliphatic carboxylic acids is 1. The van der Waals surface area contributed by atoms with Crippen molar-refractivity contribution in [3.63, 3.8) is 0 Å². The molecule has 0 aromatic carbocycles. The third-order valence-corrected chi connectivity index (χ3v) is 7.06. The predicted molar refractivity (Wildman–Crippen MR) is 93.1 cm³/mol. The Hall–Kier alpha value is -1.10. The summed E-state index contributed by atoms with van der Waals surface area (Å²) in [5.41, 5.74) is -1.41. The molecule has 0 aromatic rings. The lowest BCUT2D eigenvalue weighted by Crippen LogP contribution is -2.44. The van der Waals surface area contributed by atoms with Gasteiger partial charge in [0.2, 0.25) is 0 Å². The van der Waals surface area contributed by atoms with Crippen LogP contribution in [0.5, 0.6) is 0 Å². The summed E-state index contributed by atoms with van der Waals surface area (Å²) in [5.74, 6) is 0.170. The van der Waals surface area contributed by atoms with E-state index in [1.165, 1.54) is 19.3 Å². The molecule has 0 radical (unpaired) electrons. The van der Waals surface area contributed by atoms with Crippen molar-refractivity contribution in [2.45, 2.75) is 83.8 Å². The van der Waals surface area contributed by atoms with Crippen LogP contribution in [0.1, 0.15) is 71.6 Å².